The summed E-state index contributed by atoms with van der Waals surface area (Å²) in [5.74, 6) is 0. The van der Waals surface area contributed by atoms with Crippen molar-refractivity contribution in [3.05, 3.63) is 23.7 Å². The smallest absolute Gasteiger partial charge is 0.240 e. The zero-order valence-electron chi connectivity index (χ0n) is 8.10. The number of benzene rings is 1. The number of rotatable bonds is 3. The highest BCUT2D eigenvalue weighted by Crippen LogP contribution is 2.21. The summed E-state index contributed by atoms with van der Waals surface area (Å²) < 4.78 is 26.7. The van der Waals surface area contributed by atoms with Gasteiger partial charge in [0, 0.05) is 6.54 Å². The molecule has 1 N–H and O–H groups in total. The maximum absolute atomic E-state index is 11.7. The van der Waals surface area contributed by atoms with E-state index >= 15 is 0 Å². The van der Waals surface area contributed by atoms with Gasteiger partial charge in [-0.2, -0.15) is 0 Å². The summed E-state index contributed by atoms with van der Waals surface area (Å²) in [6.45, 7) is 2.14. The zero-order chi connectivity index (χ0) is 10.9. The fourth-order valence-corrected chi connectivity index (χ4v) is 3.13. The molecule has 0 spiro atoms. The van der Waals surface area contributed by atoms with Crippen LogP contribution in [0.15, 0.2) is 28.6 Å². The SMILES string of the molecule is CCNS(=O)(=O)c1ccc2ncsc2c1. The number of fused-ring (bicyclic) bond motifs is 1. The number of nitrogens with one attached hydrogen (secondary N) is 1. The molecule has 0 bridgehead atoms. The second-order valence-electron chi connectivity index (χ2n) is 2.98. The topological polar surface area (TPSA) is 59.1 Å². The Morgan fingerprint density at radius 2 is 2.27 bits per heavy atom. The van der Waals surface area contributed by atoms with E-state index in [0.29, 0.717) is 11.4 Å². The van der Waals surface area contributed by atoms with Gasteiger partial charge in [-0.05, 0) is 18.2 Å². The van der Waals surface area contributed by atoms with E-state index in [1.165, 1.54) is 11.3 Å². The maximum atomic E-state index is 11.7. The van der Waals surface area contributed by atoms with Crippen LogP contribution < -0.4 is 4.72 Å². The maximum Gasteiger partial charge on any atom is 0.240 e. The minimum absolute atomic E-state index is 0.293. The van der Waals surface area contributed by atoms with Crippen molar-refractivity contribution < 1.29 is 8.42 Å². The van der Waals surface area contributed by atoms with Crippen LogP contribution in [0.1, 0.15) is 6.92 Å². The van der Waals surface area contributed by atoms with Crippen molar-refractivity contribution in [3.8, 4) is 0 Å². The van der Waals surface area contributed by atoms with Gasteiger partial charge in [-0.25, -0.2) is 18.1 Å². The van der Waals surface area contributed by atoms with Crippen LogP contribution in [-0.2, 0) is 10.0 Å². The normalized spacial score (nSPS) is 12.1. The van der Waals surface area contributed by atoms with Crippen LogP contribution in [0, 0.1) is 0 Å². The van der Waals surface area contributed by atoms with Gasteiger partial charge in [0.1, 0.15) is 0 Å². The van der Waals surface area contributed by atoms with Crippen molar-refractivity contribution in [2.75, 3.05) is 6.54 Å². The first-order valence-electron chi connectivity index (χ1n) is 4.46. The molecular weight excluding hydrogens is 232 g/mol. The molecule has 0 fully saturated rings. The summed E-state index contributed by atoms with van der Waals surface area (Å²) in [7, 11) is -3.35. The average molecular weight is 242 g/mol. The number of thiazole rings is 1. The van der Waals surface area contributed by atoms with E-state index in [2.05, 4.69) is 9.71 Å². The molecule has 1 aromatic carbocycles. The fraction of sp³-hybridized carbons (Fsp3) is 0.222. The van der Waals surface area contributed by atoms with Crippen molar-refractivity contribution in [1.82, 2.24) is 9.71 Å². The number of hydrogen-bond donors (Lipinski definition) is 1. The van der Waals surface area contributed by atoms with E-state index in [4.69, 9.17) is 0 Å². The van der Waals surface area contributed by atoms with E-state index < -0.39 is 10.0 Å². The van der Waals surface area contributed by atoms with E-state index in [0.717, 1.165) is 10.2 Å². The van der Waals surface area contributed by atoms with E-state index in [1.54, 1.807) is 30.6 Å². The number of nitrogens with zero attached hydrogens (tertiary/aromatic N) is 1. The Labute approximate surface area is 92.0 Å². The van der Waals surface area contributed by atoms with Gasteiger partial charge in [0.2, 0.25) is 10.0 Å². The lowest BCUT2D eigenvalue weighted by Gasteiger charge is -2.03. The van der Waals surface area contributed by atoms with Crippen molar-refractivity contribution >= 4 is 31.6 Å². The first kappa shape index (κ1) is 10.5. The fourth-order valence-electron chi connectivity index (χ4n) is 1.28. The minimum atomic E-state index is -3.35. The molecule has 0 amide bonds. The second-order valence-corrected chi connectivity index (χ2v) is 5.64. The van der Waals surface area contributed by atoms with E-state index in [9.17, 15) is 8.42 Å². The van der Waals surface area contributed by atoms with Gasteiger partial charge in [0.15, 0.2) is 0 Å². The van der Waals surface area contributed by atoms with Crippen LogP contribution in [0.25, 0.3) is 10.2 Å². The van der Waals surface area contributed by atoms with Crippen LogP contribution in [0.3, 0.4) is 0 Å². The number of hydrogen-bond acceptors (Lipinski definition) is 4. The van der Waals surface area contributed by atoms with Crippen molar-refractivity contribution in [2.24, 2.45) is 0 Å². The third-order valence-electron chi connectivity index (χ3n) is 1.95. The molecule has 1 aromatic heterocycles. The summed E-state index contributed by atoms with van der Waals surface area (Å²) in [4.78, 5) is 4.38. The molecule has 0 unspecified atom stereocenters. The quantitative estimate of drug-likeness (QED) is 0.889. The van der Waals surface area contributed by atoms with Crippen molar-refractivity contribution in [1.29, 1.82) is 0 Å². The first-order chi connectivity index (χ1) is 7.13. The summed E-state index contributed by atoms with van der Waals surface area (Å²) in [5.41, 5.74) is 2.53. The minimum Gasteiger partial charge on any atom is -0.245 e. The largest absolute Gasteiger partial charge is 0.245 e. The molecule has 4 nitrogen and oxygen atoms in total. The molecule has 1 heterocycles. The predicted octanol–water partition coefficient (Wildman–Crippen LogP) is 1.59. The van der Waals surface area contributed by atoms with E-state index in [1.807, 2.05) is 0 Å². The Hall–Kier alpha value is -0.980. The Morgan fingerprint density at radius 1 is 1.47 bits per heavy atom. The van der Waals surface area contributed by atoms with E-state index in [-0.39, 0.29) is 0 Å². The lowest BCUT2D eigenvalue weighted by atomic mass is 10.3. The van der Waals surface area contributed by atoms with Gasteiger partial charge < -0.3 is 0 Å². The third-order valence-corrected chi connectivity index (χ3v) is 4.28. The summed E-state index contributed by atoms with van der Waals surface area (Å²) in [6, 6.07) is 4.93. The molecule has 15 heavy (non-hydrogen) atoms. The van der Waals surface area contributed by atoms with Crippen molar-refractivity contribution in [3.63, 3.8) is 0 Å². The lowest BCUT2D eigenvalue weighted by Crippen LogP contribution is -2.22. The number of sulfonamides is 1. The molecule has 0 saturated carbocycles. The van der Waals surface area contributed by atoms with Gasteiger partial charge in [0.25, 0.3) is 0 Å². The van der Waals surface area contributed by atoms with Crippen molar-refractivity contribution in [2.45, 2.75) is 11.8 Å². The van der Waals surface area contributed by atoms with Crippen LogP contribution in [0.2, 0.25) is 0 Å². The van der Waals surface area contributed by atoms with Gasteiger partial charge >= 0.3 is 0 Å². The molecule has 0 radical (unpaired) electrons. The Balaban J connectivity index is 2.52. The average Bonchev–Trinajstić information content (AvgIpc) is 2.63. The Bertz CT molecular complexity index is 575. The summed E-state index contributed by atoms with van der Waals surface area (Å²) in [5, 5.41) is 0. The zero-order valence-corrected chi connectivity index (χ0v) is 9.73. The van der Waals surface area contributed by atoms with Gasteiger partial charge in [0.05, 0.1) is 20.6 Å². The van der Waals surface area contributed by atoms with Gasteiger partial charge in [-0.1, -0.05) is 6.92 Å². The highest BCUT2D eigenvalue weighted by Gasteiger charge is 2.13. The highest BCUT2D eigenvalue weighted by atomic mass is 32.2. The lowest BCUT2D eigenvalue weighted by molar-refractivity contribution is 0.584. The molecule has 0 aliphatic carbocycles. The van der Waals surface area contributed by atoms with Crippen LogP contribution in [0.5, 0.6) is 0 Å². The molecule has 80 valence electrons. The predicted molar refractivity (Wildman–Crippen MR) is 60.5 cm³/mol. The first-order valence-corrected chi connectivity index (χ1v) is 6.82. The second kappa shape index (κ2) is 3.88. The van der Waals surface area contributed by atoms with Crippen LogP contribution >= 0.6 is 11.3 Å². The Kier molecular flexibility index (Phi) is 2.72. The summed E-state index contributed by atoms with van der Waals surface area (Å²) >= 11 is 1.43. The molecule has 0 aliphatic heterocycles. The molecule has 2 rings (SSSR count). The highest BCUT2D eigenvalue weighted by molar-refractivity contribution is 7.89. The van der Waals surface area contributed by atoms with Gasteiger partial charge in [-0.15, -0.1) is 11.3 Å². The molecule has 0 saturated heterocycles. The van der Waals surface area contributed by atoms with Crippen LogP contribution in [0.4, 0.5) is 0 Å². The molecule has 0 aliphatic rings. The third kappa shape index (κ3) is 2.01. The standard InChI is InChI=1S/C9H10N2O2S2/c1-2-11-15(12,13)7-3-4-8-9(5-7)14-6-10-8/h3-6,11H,2H2,1H3. The Morgan fingerprint density at radius 3 is 3.00 bits per heavy atom. The summed E-state index contributed by atoms with van der Waals surface area (Å²) in [6.07, 6.45) is 0. The molecular formula is C9H10N2O2S2. The monoisotopic (exact) mass is 242 g/mol. The molecule has 2 aromatic rings. The molecule has 0 atom stereocenters. The van der Waals surface area contributed by atoms with Gasteiger partial charge in [-0.3, -0.25) is 0 Å². The number of aromatic nitrogens is 1. The molecule has 6 heteroatoms. The van der Waals surface area contributed by atoms with Crippen LogP contribution in [-0.4, -0.2) is 19.9 Å².